The van der Waals surface area contributed by atoms with Crippen molar-refractivity contribution in [3.63, 3.8) is 0 Å². The number of nitrogens with zero attached hydrogens (tertiary/aromatic N) is 2. The molecule has 0 aliphatic heterocycles. The van der Waals surface area contributed by atoms with Crippen LogP contribution in [0.1, 0.15) is 5.56 Å². The largest absolute Gasteiger partial charge is 0.395 e. The lowest BCUT2D eigenvalue weighted by molar-refractivity contribution is -0.100. The summed E-state index contributed by atoms with van der Waals surface area (Å²) in [7, 11) is -0.470. The fourth-order valence-electron chi connectivity index (χ4n) is 1.51. The second kappa shape index (κ2) is 7.48. The van der Waals surface area contributed by atoms with Crippen molar-refractivity contribution in [2.24, 2.45) is 0 Å². The van der Waals surface area contributed by atoms with Crippen molar-refractivity contribution in [3.05, 3.63) is 11.6 Å². The Hall–Kier alpha value is -1.29. The molecule has 0 radical (unpaired) electrons. The van der Waals surface area contributed by atoms with Crippen LogP contribution in [0.2, 0.25) is 0 Å². The first-order valence-corrected chi connectivity index (χ1v) is 7.78. The van der Waals surface area contributed by atoms with Gasteiger partial charge in [0.1, 0.15) is 0 Å². The molecule has 0 aliphatic rings. The zero-order chi connectivity index (χ0) is 15.2. The normalized spacial score (nSPS) is 11.8. The lowest BCUT2D eigenvalue weighted by Gasteiger charge is -2.16. The van der Waals surface area contributed by atoms with Gasteiger partial charge in [-0.15, -0.1) is 10.2 Å². The highest BCUT2D eigenvalue weighted by molar-refractivity contribution is 7.90. The van der Waals surface area contributed by atoms with E-state index in [1.165, 1.54) is 20.3 Å². The van der Waals surface area contributed by atoms with Gasteiger partial charge in [0, 0.05) is 39.0 Å². The molecule has 0 aromatic carbocycles. The van der Waals surface area contributed by atoms with Crippen LogP contribution >= 0.6 is 0 Å². The van der Waals surface area contributed by atoms with Crippen LogP contribution in [0.3, 0.4) is 0 Å². The lowest BCUT2D eigenvalue weighted by atomic mass is 10.2. The molecule has 1 heterocycles. The van der Waals surface area contributed by atoms with E-state index >= 15 is 0 Å². The molecule has 0 bridgehead atoms. The van der Waals surface area contributed by atoms with Gasteiger partial charge in [0.15, 0.2) is 27.0 Å². The summed E-state index contributed by atoms with van der Waals surface area (Å²) in [4.78, 5) is 0. The first-order chi connectivity index (χ1) is 9.42. The Morgan fingerprint density at radius 2 is 2.00 bits per heavy atom. The molecule has 20 heavy (non-hydrogen) atoms. The van der Waals surface area contributed by atoms with E-state index in [0.717, 1.165) is 6.26 Å². The second-order valence-corrected chi connectivity index (χ2v) is 6.05. The summed E-state index contributed by atoms with van der Waals surface area (Å²) < 4.78 is 33.2. The summed E-state index contributed by atoms with van der Waals surface area (Å²) in [5, 5.41) is 19.1. The highest BCUT2D eigenvalue weighted by Gasteiger charge is 2.17. The zero-order valence-corrected chi connectivity index (χ0v) is 12.5. The molecular formula is C11H19N3O5S. The molecule has 0 unspecified atom stereocenters. The maximum Gasteiger partial charge on any atom is 0.194 e. The summed E-state index contributed by atoms with van der Waals surface area (Å²) in [5.41, 5.74) is 0.586. The third-order valence-corrected chi connectivity index (χ3v) is 3.51. The van der Waals surface area contributed by atoms with Gasteiger partial charge in [-0.25, -0.2) is 8.42 Å². The van der Waals surface area contributed by atoms with Gasteiger partial charge < -0.3 is 19.9 Å². The molecule has 0 saturated carbocycles. The average Bonchev–Trinajstić information content (AvgIpc) is 2.41. The third-order valence-electron chi connectivity index (χ3n) is 2.55. The average molecular weight is 305 g/mol. The van der Waals surface area contributed by atoms with Crippen molar-refractivity contribution < 1.29 is 23.0 Å². The molecule has 0 amide bonds. The number of methoxy groups -OCH3 is 2. The third kappa shape index (κ3) is 4.67. The van der Waals surface area contributed by atoms with Crippen LogP contribution in [-0.2, 0) is 25.7 Å². The van der Waals surface area contributed by atoms with Crippen molar-refractivity contribution in [2.45, 2.75) is 17.7 Å². The number of hydrogen-bond donors (Lipinski definition) is 2. The van der Waals surface area contributed by atoms with E-state index in [-0.39, 0.29) is 18.2 Å². The van der Waals surface area contributed by atoms with Gasteiger partial charge in [0.25, 0.3) is 0 Å². The molecule has 1 aromatic rings. The molecule has 114 valence electrons. The van der Waals surface area contributed by atoms with E-state index < -0.39 is 16.1 Å². The van der Waals surface area contributed by atoms with Crippen molar-refractivity contribution in [1.82, 2.24) is 10.2 Å². The number of hydrogen-bond acceptors (Lipinski definition) is 8. The number of ether oxygens (including phenoxy) is 2. The number of aliphatic hydroxyl groups is 1. The maximum atomic E-state index is 11.5. The first-order valence-electron chi connectivity index (χ1n) is 5.89. The monoisotopic (exact) mass is 305 g/mol. The molecular weight excluding hydrogens is 286 g/mol. The first kappa shape index (κ1) is 16.8. The van der Waals surface area contributed by atoms with Crippen molar-refractivity contribution in [3.8, 4) is 0 Å². The van der Waals surface area contributed by atoms with Gasteiger partial charge in [-0.1, -0.05) is 0 Å². The van der Waals surface area contributed by atoms with Crippen molar-refractivity contribution in [2.75, 3.05) is 38.9 Å². The number of anilines is 1. The molecule has 0 saturated heterocycles. The molecule has 1 rings (SSSR count). The molecule has 2 N–H and O–H groups in total. The SMILES string of the molecule is COC(Cc1cc(S(C)(=O)=O)nnc1NCCO)OC. The number of aliphatic hydroxyl groups excluding tert-OH is 1. The van der Waals surface area contributed by atoms with Crippen molar-refractivity contribution in [1.29, 1.82) is 0 Å². The Kier molecular flexibility index (Phi) is 6.27. The molecule has 0 aliphatic carbocycles. The van der Waals surface area contributed by atoms with Crippen LogP contribution in [0.5, 0.6) is 0 Å². The van der Waals surface area contributed by atoms with E-state index in [1.54, 1.807) is 0 Å². The number of nitrogens with one attached hydrogen (secondary N) is 1. The molecule has 0 spiro atoms. The fourth-order valence-corrected chi connectivity index (χ4v) is 2.06. The molecule has 9 heteroatoms. The summed E-state index contributed by atoms with van der Waals surface area (Å²) in [5.74, 6) is 0.394. The standard InChI is InChI=1S/C11H19N3O5S/c1-18-10(19-2)7-8-6-9(20(3,16)17)13-14-11(8)12-4-5-15/h6,10,15H,4-5,7H2,1-3H3,(H,12,14). The Morgan fingerprint density at radius 1 is 1.35 bits per heavy atom. The minimum Gasteiger partial charge on any atom is -0.395 e. The smallest absolute Gasteiger partial charge is 0.194 e. The molecule has 0 fully saturated rings. The minimum absolute atomic E-state index is 0.0765. The van der Waals surface area contributed by atoms with Crippen LogP contribution in [0.4, 0.5) is 5.82 Å². The van der Waals surface area contributed by atoms with Crippen LogP contribution in [0, 0.1) is 0 Å². The van der Waals surface area contributed by atoms with E-state index in [0.29, 0.717) is 17.8 Å². The summed E-state index contributed by atoms with van der Waals surface area (Å²) in [6, 6.07) is 1.42. The van der Waals surface area contributed by atoms with Crippen molar-refractivity contribution >= 4 is 15.7 Å². The Labute approximate surface area is 118 Å². The van der Waals surface area contributed by atoms with Crippen LogP contribution in [-0.4, -0.2) is 63.6 Å². The second-order valence-electron chi connectivity index (χ2n) is 4.08. The van der Waals surface area contributed by atoms with Gasteiger partial charge in [-0.3, -0.25) is 0 Å². The van der Waals surface area contributed by atoms with E-state index in [1.807, 2.05) is 0 Å². The van der Waals surface area contributed by atoms with E-state index in [4.69, 9.17) is 14.6 Å². The van der Waals surface area contributed by atoms with Gasteiger partial charge in [0.2, 0.25) is 0 Å². The van der Waals surface area contributed by atoms with Gasteiger partial charge in [0.05, 0.1) is 6.61 Å². The lowest BCUT2D eigenvalue weighted by Crippen LogP contribution is -2.19. The summed E-state index contributed by atoms with van der Waals surface area (Å²) in [6.45, 7) is 0.206. The Morgan fingerprint density at radius 3 is 2.50 bits per heavy atom. The summed E-state index contributed by atoms with van der Waals surface area (Å²) >= 11 is 0. The molecule has 0 atom stereocenters. The van der Waals surface area contributed by atoms with Gasteiger partial charge in [-0.2, -0.15) is 0 Å². The Bertz CT molecular complexity index is 531. The predicted molar refractivity (Wildman–Crippen MR) is 72.2 cm³/mol. The van der Waals surface area contributed by atoms with Crippen LogP contribution in [0.15, 0.2) is 11.1 Å². The predicted octanol–water partition coefficient (Wildman–Crippen LogP) is -0.554. The van der Waals surface area contributed by atoms with E-state index in [2.05, 4.69) is 15.5 Å². The Balaban J connectivity index is 3.11. The molecule has 1 aromatic heterocycles. The zero-order valence-electron chi connectivity index (χ0n) is 11.7. The quantitative estimate of drug-likeness (QED) is 0.615. The number of rotatable bonds is 8. The number of aromatic nitrogens is 2. The number of sulfone groups is 1. The topological polar surface area (TPSA) is 111 Å². The van der Waals surface area contributed by atoms with Crippen LogP contribution in [0.25, 0.3) is 0 Å². The van der Waals surface area contributed by atoms with Gasteiger partial charge in [-0.05, 0) is 6.07 Å². The van der Waals surface area contributed by atoms with Crippen LogP contribution < -0.4 is 5.32 Å². The van der Waals surface area contributed by atoms with Gasteiger partial charge >= 0.3 is 0 Å². The minimum atomic E-state index is -3.44. The molecule has 8 nitrogen and oxygen atoms in total. The fraction of sp³-hybridized carbons (Fsp3) is 0.636. The summed E-state index contributed by atoms with van der Waals surface area (Å²) in [6.07, 6.45) is 0.839. The highest BCUT2D eigenvalue weighted by atomic mass is 32.2. The van der Waals surface area contributed by atoms with E-state index in [9.17, 15) is 8.42 Å². The highest BCUT2D eigenvalue weighted by Crippen LogP contribution is 2.18. The maximum absolute atomic E-state index is 11.5.